The average molecular weight is 342 g/mol. The van der Waals surface area contributed by atoms with E-state index in [4.69, 9.17) is 0 Å². The van der Waals surface area contributed by atoms with Crippen LogP contribution in [0.15, 0.2) is 22.7 Å². The van der Waals surface area contributed by atoms with Crippen LogP contribution in [-0.2, 0) is 0 Å². The van der Waals surface area contributed by atoms with E-state index in [9.17, 15) is 4.39 Å². The smallest absolute Gasteiger partial charge is 0.128 e. The predicted molar refractivity (Wildman–Crippen MR) is 86.3 cm³/mol. The number of halogens is 2. The Morgan fingerprint density at radius 2 is 1.95 bits per heavy atom. The quantitative estimate of drug-likeness (QED) is 0.687. The Balaban J connectivity index is 2.10. The highest BCUT2D eigenvalue weighted by atomic mass is 79.9. The first-order chi connectivity index (χ1) is 9.70. The summed E-state index contributed by atoms with van der Waals surface area (Å²) in [4.78, 5) is 0. The SMILES string of the molecule is CCNC(CC1CCCCCC1)c1cc(Br)ccc1F. The van der Waals surface area contributed by atoms with Gasteiger partial charge in [0.2, 0.25) is 0 Å². The Bertz CT molecular complexity index is 413. The normalized spacial score (nSPS) is 18.8. The minimum absolute atomic E-state index is 0.0900. The number of nitrogens with one attached hydrogen (secondary N) is 1. The fraction of sp³-hybridized carbons (Fsp3) is 0.647. The second-order valence-corrected chi connectivity index (χ2v) is 6.79. The molecule has 20 heavy (non-hydrogen) atoms. The van der Waals surface area contributed by atoms with E-state index in [1.807, 2.05) is 6.07 Å². The van der Waals surface area contributed by atoms with Crippen molar-refractivity contribution < 1.29 is 4.39 Å². The lowest BCUT2D eigenvalue weighted by molar-refractivity contribution is 0.353. The third-order valence-electron chi connectivity index (χ3n) is 4.33. The summed E-state index contributed by atoms with van der Waals surface area (Å²) in [6.45, 7) is 2.97. The van der Waals surface area contributed by atoms with Crippen LogP contribution in [0.2, 0.25) is 0 Å². The van der Waals surface area contributed by atoms with Gasteiger partial charge < -0.3 is 5.32 Å². The van der Waals surface area contributed by atoms with E-state index in [-0.39, 0.29) is 11.9 Å². The Hall–Kier alpha value is -0.410. The summed E-state index contributed by atoms with van der Waals surface area (Å²) in [6, 6.07) is 5.41. The van der Waals surface area contributed by atoms with Gasteiger partial charge in [-0.2, -0.15) is 0 Å². The summed E-state index contributed by atoms with van der Waals surface area (Å²) in [6.07, 6.45) is 9.08. The molecule has 2 rings (SSSR count). The molecule has 1 aliphatic rings. The van der Waals surface area contributed by atoms with E-state index in [1.54, 1.807) is 12.1 Å². The van der Waals surface area contributed by atoms with Crippen LogP contribution in [0.1, 0.15) is 63.5 Å². The van der Waals surface area contributed by atoms with Crippen molar-refractivity contribution in [2.45, 2.75) is 57.9 Å². The van der Waals surface area contributed by atoms with Crippen molar-refractivity contribution in [3.8, 4) is 0 Å². The molecule has 1 unspecified atom stereocenters. The van der Waals surface area contributed by atoms with Crippen LogP contribution in [0.25, 0.3) is 0 Å². The highest BCUT2D eigenvalue weighted by Crippen LogP contribution is 2.32. The van der Waals surface area contributed by atoms with Gasteiger partial charge in [0.05, 0.1) is 0 Å². The molecule has 1 aromatic rings. The summed E-state index contributed by atoms with van der Waals surface area (Å²) >= 11 is 3.46. The Labute approximate surface area is 130 Å². The van der Waals surface area contributed by atoms with E-state index < -0.39 is 0 Å². The maximum absolute atomic E-state index is 14.1. The Morgan fingerprint density at radius 1 is 1.25 bits per heavy atom. The third-order valence-corrected chi connectivity index (χ3v) is 4.82. The molecule has 1 nitrogen and oxygen atoms in total. The van der Waals surface area contributed by atoms with Gasteiger partial charge in [0, 0.05) is 16.1 Å². The largest absolute Gasteiger partial charge is 0.310 e. The van der Waals surface area contributed by atoms with Gasteiger partial charge in [0.15, 0.2) is 0 Å². The lowest BCUT2D eigenvalue weighted by Gasteiger charge is -2.24. The van der Waals surface area contributed by atoms with Crippen molar-refractivity contribution in [3.05, 3.63) is 34.1 Å². The molecular formula is C17H25BrFN. The molecule has 0 saturated heterocycles. The van der Waals surface area contributed by atoms with Gasteiger partial charge in [0.25, 0.3) is 0 Å². The van der Waals surface area contributed by atoms with Gasteiger partial charge in [0.1, 0.15) is 5.82 Å². The molecule has 0 amide bonds. The molecule has 0 spiro atoms. The number of rotatable bonds is 5. The van der Waals surface area contributed by atoms with Crippen molar-refractivity contribution in [2.24, 2.45) is 5.92 Å². The van der Waals surface area contributed by atoms with E-state index in [2.05, 4.69) is 28.2 Å². The van der Waals surface area contributed by atoms with Crippen molar-refractivity contribution in [2.75, 3.05) is 6.54 Å². The van der Waals surface area contributed by atoms with E-state index in [0.717, 1.165) is 28.9 Å². The maximum Gasteiger partial charge on any atom is 0.128 e. The van der Waals surface area contributed by atoms with Crippen LogP contribution >= 0.6 is 15.9 Å². The summed E-state index contributed by atoms with van der Waals surface area (Å²) < 4.78 is 15.1. The zero-order chi connectivity index (χ0) is 14.4. The Morgan fingerprint density at radius 3 is 2.60 bits per heavy atom. The molecule has 0 bridgehead atoms. The van der Waals surface area contributed by atoms with Gasteiger partial charge in [-0.25, -0.2) is 4.39 Å². The van der Waals surface area contributed by atoms with Gasteiger partial charge in [-0.3, -0.25) is 0 Å². The van der Waals surface area contributed by atoms with Crippen molar-refractivity contribution >= 4 is 15.9 Å². The van der Waals surface area contributed by atoms with Gasteiger partial charge in [-0.15, -0.1) is 0 Å². The molecule has 1 saturated carbocycles. The topological polar surface area (TPSA) is 12.0 Å². The summed E-state index contributed by atoms with van der Waals surface area (Å²) in [5.41, 5.74) is 0.811. The summed E-state index contributed by atoms with van der Waals surface area (Å²) in [5.74, 6) is 0.646. The highest BCUT2D eigenvalue weighted by molar-refractivity contribution is 9.10. The molecule has 0 aliphatic heterocycles. The lowest BCUT2D eigenvalue weighted by atomic mass is 9.89. The van der Waals surface area contributed by atoms with E-state index in [1.165, 1.54) is 38.5 Å². The summed E-state index contributed by atoms with van der Waals surface area (Å²) in [7, 11) is 0. The molecule has 1 atom stereocenters. The molecule has 0 aromatic heterocycles. The highest BCUT2D eigenvalue weighted by Gasteiger charge is 2.21. The monoisotopic (exact) mass is 341 g/mol. The standard InChI is InChI=1S/C17H25BrFN/c1-2-20-17(11-13-7-5-3-4-6-8-13)15-12-14(18)9-10-16(15)19/h9-10,12-13,17,20H,2-8,11H2,1H3. The molecule has 0 heterocycles. The maximum atomic E-state index is 14.1. The van der Waals surface area contributed by atoms with Crippen molar-refractivity contribution in [1.82, 2.24) is 5.32 Å². The molecule has 1 fully saturated rings. The number of hydrogen-bond acceptors (Lipinski definition) is 1. The first kappa shape index (κ1) is 16.0. The summed E-state index contributed by atoms with van der Waals surface area (Å²) in [5, 5.41) is 3.47. The average Bonchev–Trinajstić information content (AvgIpc) is 2.70. The van der Waals surface area contributed by atoms with Crippen LogP contribution < -0.4 is 5.32 Å². The first-order valence-corrected chi connectivity index (χ1v) is 8.68. The van der Waals surface area contributed by atoms with Crippen LogP contribution in [0, 0.1) is 11.7 Å². The molecule has 3 heteroatoms. The minimum atomic E-state index is -0.0900. The van der Waals surface area contributed by atoms with E-state index in [0.29, 0.717) is 0 Å². The number of benzene rings is 1. The number of hydrogen-bond donors (Lipinski definition) is 1. The Kier molecular flexibility index (Phi) is 6.50. The molecule has 1 aromatic carbocycles. The third kappa shape index (κ3) is 4.56. The zero-order valence-electron chi connectivity index (χ0n) is 12.3. The van der Waals surface area contributed by atoms with Gasteiger partial charge in [-0.05, 0) is 37.1 Å². The molecular weight excluding hydrogens is 317 g/mol. The van der Waals surface area contributed by atoms with Gasteiger partial charge in [-0.1, -0.05) is 61.4 Å². The van der Waals surface area contributed by atoms with Crippen LogP contribution in [0.4, 0.5) is 4.39 Å². The lowest BCUT2D eigenvalue weighted by Crippen LogP contribution is -2.24. The second-order valence-electron chi connectivity index (χ2n) is 5.87. The van der Waals surface area contributed by atoms with Crippen LogP contribution in [-0.4, -0.2) is 6.54 Å². The van der Waals surface area contributed by atoms with Crippen LogP contribution in [0.3, 0.4) is 0 Å². The van der Waals surface area contributed by atoms with Crippen LogP contribution in [0.5, 0.6) is 0 Å². The van der Waals surface area contributed by atoms with Crippen molar-refractivity contribution in [1.29, 1.82) is 0 Å². The zero-order valence-corrected chi connectivity index (χ0v) is 13.9. The fourth-order valence-electron chi connectivity index (χ4n) is 3.28. The first-order valence-electron chi connectivity index (χ1n) is 7.89. The molecule has 0 radical (unpaired) electrons. The van der Waals surface area contributed by atoms with Gasteiger partial charge >= 0.3 is 0 Å². The molecule has 1 aliphatic carbocycles. The predicted octanol–water partition coefficient (Wildman–Crippen LogP) is 5.60. The fourth-order valence-corrected chi connectivity index (χ4v) is 3.66. The van der Waals surface area contributed by atoms with E-state index >= 15 is 0 Å². The molecule has 112 valence electrons. The van der Waals surface area contributed by atoms with Crippen molar-refractivity contribution in [3.63, 3.8) is 0 Å². The minimum Gasteiger partial charge on any atom is -0.310 e. The molecule has 1 N–H and O–H groups in total. The second kappa shape index (κ2) is 8.14.